The van der Waals surface area contributed by atoms with Gasteiger partial charge in [0.05, 0.1) is 11.4 Å². The Balaban J connectivity index is 1.77. The van der Waals surface area contributed by atoms with Crippen molar-refractivity contribution in [3.63, 3.8) is 0 Å². The predicted octanol–water partition coefficient (Wildman–Crippen LogP) is 6.19. The van der Waals surface area contributed by atoms with Gasteiger partial charge in [-0.15, -0.1) is 0 Å². The quantitative estimate of drug-likeness (QED) is 0.325. The molecule has 1 heterocycles. The fourth-order valence-electron chi connectivity index (χ4n) is 3.82. The van der Waals surface area contributed by atoms with Crippen LogP contribution in [0.3, 0.4) is 0 Å². The van der Waals surface area contributed by atoms with Crippen LogP contribution in [-0.2, 0) is 17.8 Å². The Bertz CT molecular complexity index is 1260. The summed E-state index contributed by atoms with van der Waals surface area (Å²) >= 11 is 0. The third-order valence-corrected chi connectivity index (χ3v) is 5.67. The van der Waals surface area contributed by atoms with Crippen LogP contribution in [-0.4, -0.2) is 27.5 Å². The van der Waals surface area contributed by atoms with Crippen molar-refractivity contribution in [1.82, 2.24) is 9.78 Å². The fourth-order valence-corrected chi connectivity index (χ4v) is 3.82. The van der Waals surface area contributed by atoms with Crippen molar-refractivity contribution >= 4 is 5.97 Å². The lowest BCUT2D eigenvalue weighted by molar-refractivity contribution is -0.139. The van der Waals surface area contributed by atoms with Gasteiger partial charge in [0.25, 0.3) is 0 Å². The first-order chi connectivity index (χ1) is 16.4. The van der Waals surface area contributed by atoms with Crippen LogP contribution < -0.4 is 4.74 Å². The molecule has 34 heavy (non-hydrogen) atoms. The topological polar surface area (TPSA) is 64.3 Å². The summed E-state index contributed by atoms with van der Waals surface area (Å²) in [6.07, 6.45) is 0.782. The number of nitrogens with zero attached hydrogens (tertiary/aromatic N) is 2. The lowest BCUT2D eigenvalue weighted by atomic mass is 9.98. The zero-order chi connectivity index (χ0) is 24.1. The molecule has 174 valence electrons. The van der Waals surface area contributed by atoms with Crippen molar-refractivity contribution in [3.8, 4) is 28.3 Å². The van der Waals surface area contributed by atoms with Crippen LogP contribution in [0.5, 0.6) is 5.75 Å². The van der Waals surface area contributed by atoms with Crippen LogP contribution in [0.1, 0.15) is 30.9 Å². The molecule has 0 aliphatic carbocycles. The normalized spacial score (nSPS) is 11.1. The maximum Gasteiger partial charge on any atom is 0.341 e. The predicted molar refractivity (Wildman–Crippen MR) is 130 cm³/mol. The third-order valence-electron chi connectivity index (χ3n) is 5.67. The van der Waals surface area contributed by atoms with Gasteiger partial charge in [-0.2, -0.15) is 5.10 Å². The molecule has 0 saturated carbocycles. The van der Waals surface area contributed by atoms with Gasteiger partial charge in [-0.3, -0.25) is 4.68 Å². The number of hydrogen-bond acceptors (Lipinski definition) is 3. The number of hydrogen-bond donors (Lipinski definition) is 1. The summed E-state index contributed by atoms with van der Waals surface area (Å²) in [5.41, 5.74) is 5.40. The molecular formula is C28H27FN2O3. The van der Waals surface area contributed by atoms with E-state index in [2.05, 4.69) is 26.0 Å². The van der Waals surface area contributed by atoms with Crippen LogP contribution in [0.2, 0.25) is 0 Å². The van der Waals surface area contributed by atoms with E-state index < -0.39 is 12.6 Å². The lowest BCUT2D eigenvalue weighted by Crippen LogP contribution is -2.10. The number of aromatic nitrogens is 2. The first kappa shape index (κ1) is 23.2. The minimum Gasteiger partial charge on any atom is -0.481 e. The molecule has 0 bridgehead atoms. The van der Waals surface area contributed by atoms with E-state index in [1.807, 2.05) is 41.1 Å². The fraction of sp³-hybridized carbons (Fsp3) is 0.214. The molecule has 0 atom stereocenters. The molecule has 0 spiro atoms. The molecule has 6 heteroatoms. The van der Waals surface area contributed by atoms with Crippen LogP contribution in [0.4, 0.5) is 4.39 Å². The van der Waals surface area contributed by atoms with E-state index in [0.29, 0.717) is 18.0 Å². The van der Waals surface area contributed by atoms with Crippen LogP contribution >= 0.6 is 0 Å². The van der Waals surface area contributed by atoms with Gasteiger partial charge in [-0.05, 0) is 65.9 Å². The van der Waals surface area contributed by atoms with Gasteiger partial charge in [0.1, 0.15) is 11.6 Å². The summed E-state index contributed by atoms with van der Waals surface area (Å²) in [5.74, 6) is -0.596. The van der Waals surface area contributed by atoms with E-state index >= 15 is 0 Å². The van der Waals surface area contributed by atoms with Crippen molar-refractivity contribution in [3.05, 3.63) is 95.8 Å². The number of carboxylic acid groups (broad SMARTS) is 1. The molecule has 0 amide bonds. The highest BCUT2D eigenvalue weighted by atomic mass is 19.1. The van der Waals surface area contributed by atoms with Gasteiger partial charge in [-0.1, -0.05) is 50.2 Å². The first-order valence-electron chi connectivity index (χ1n) is 11.3. The zero-order valence-electron chi connectivity index (χ0n) is 19.2. The van der Waals surface area contributed by atoms with Crippen LogP contribution in [0, 0.1) is 5.82 Å². The second-order valence-corrected chi connectivity index (χ2v) is 8.47. The number of aliphatic carboxylic acids is 1. The number of carboxylic acids is 1. The molecule has 0 fully saturated rings. The van der Waals surface area contributed by atoms with Crippen LogP contribution in [0.15, 0.2) is 78.9 Å². The van der Waals surface area contributed by atoms with Crippen molar-refractivity contribution in [2.24, 2.45) is 0 Å². The molecule has 1 N–H and O–H groups in total. The molecule has 4 rings (SSSR count). The minimum absolute atomic E-state index is 0.281. The first-order valence-corrected chi connectivity index (χ1v) is 11.3. The number of carbonyl (C=O) groups is 1. The van der Waals surface area contributed by atoms with Gasteiger partial charge in [0.2, 0.25) is 0 Å². The molecule has 0 radical (unpaired) electrons. The highest BCUT2D eigenvalue weighted by Gasteiger charge is 2.17. The smallest absolute Gasteiger partial charge is 0.341 e. The van der Waals surface area contributed by atoms with E-state index in [9.17, 15) is 9.18 Å². The maximum absolute atomic E-state index is 13.6. The number of aryl methyl sites for hydroxylation is 2. The molecule has 1 aromatic heterocycles. The van der Waals surface area contributed by atoms with Gasteiger partial charge in [0, 0.05) is 17.7 Å². The maximum atomic E-state index is 13.6. The molecule has 5 nitrogen and oxygen atoms in total. The van der Waals surface area contributed by atoms with Crippen molar-refractivity contribution in [1.29, 1.82) is 0 Å². The van der Waals surface area contributed by atoms with Crippen LogP contribution in [0.25, 0.3) is 22.5 Å². The number of benzene rings is 3. The standard InChI is InChI=1S/C28H27FN2O3/c1-19(2)22-10-13-27(34-18-28(32)33)24(16-22)25-17-26(21-8-11-23(29)12-9-21)31(30-25)15-14-20-6-4-3-5-7-20/h3-13,16-17,19H,14-15,18H2,1-2H3,(H,32,33). The van der Waals surface area contributed by atoms with E-state index in [1.54, 1.807) is 18.2 Å². The van der Waals surface area contributed by atoms with Crippen molar-refractivity contribution < 1.29 is 19.0 Å². The van der Waals surface area contributed by atoms with E-state index in [0.717, 1.165) is 28.8 Å². The average molecular weight is 459 g/mol. The zero-order valence-corrected chi connectivity index (χ0v) is 19.2. The Morgan fingerprint density at radius 3 is 2.44 bits per heavy atom. The number of ether oxygens (including phenoxy) is 1. The molecule has 0 aliphatic heterocycles. The Hall–Kier alpha value is -3.93. The number of halogens is 1. The monoisotopic (exact) mass is 458 g/mol. The van der Waals surface area contributed by atoms with Gasteiger partial charge < -0.3 is 9.84 Å². The van der Waals surface area contributed by atoms with E-state index in [1.165, 1.54) is 17.7 Å². The minimum atomic E-state index is -1.04. The SMILES string of the molecule is CC(C)c1ccc(OCC(=O)O)c(-c2cc(-c3ccc(F)cc3)n(CCc3ccccc3)n2)c1. The largest absolute Gasteiger partial charge is 0.481 e. The molecule has 3 aromatic carbocycles. The summed E-state index contributed by atoms with van der Waals surface area (Å²) in [6.45, 7) is 4.39. The highest BCUT2D eigenvalue weighted by Crippen LogP contribution is 2.35. The molecule has 0 saturated heterocycles. The Labute approximate surface area is 198 Å². The highest BCUT2D eigenvalue weighted by molar-refractivity contribution is 5.74. The van der Waals surface area contributed by atoms with Gasteiger partial charge in [0.15, 0.2) is 6.61 Å². The third kappa shape index (κ3) is 5.52. The van der Waals surface area contributed by atoms with Gasteiger partial charge in [-0.25, -0.2) is 9.18 Å². The molecule has 0 unspecified atom stereocenters. The molecule has 4 aromatic rings. The second-order valence-electron chi connectivity index (χ2n) is 8.47. The van der Waals surface area contributed by atoms with E-state index in [-0.39, 0.29) is 11.7 Å². The summed E-state index contributed by atoms with van der Waals surface area (Å²) in [6, 6.07) is 24.2. The summed E-state index contributed by atoms with van der Waals surface area (Å²) in [7, 11) is 0. The molecular weight excluding hydrogens is 431 g/mol. The van der Waals surface area contributed by atoms with E-state index in [4.69, 9.17) is 14.9 Å². The van der Waals surface area contributed by atoms with Crippen molar-refractivity contribution in [2.75, 3.05) is 6.61 Å². The Morgan fingerprint density at radius 2 is 1.76 bits per heavy atom. The Kier molecular flexibility index (Phi) is 7.07. The summed E-state index contributed by atoms with van der Waals surface area (Å²) in [4.78, 5) is 11.1. The summed E-state index contributed by atoms with van der Waals surface area (Å²) in [5, 5.41) is 14.0. The Morgan fingerprint density at radius 1 is 1.03 bits per heavy atom. The summed E-state index contributed by atoms with van der Waals surface area (Å²) < 4.78 is 21.1. The van der Waals surface area contributed by atoms with Crippen molar-refractivity contribution in [2.45, 2.75) is 32.7 Å². The second kappa shape index (κ2) is 10.3. The van der Waals surface area contributed by atoms with Gasteiger partial charge >= 0.3 is 5.97 Å². The lowest BCUT2D eigenvalue weighted by Gasteiger charge is -2.12. The molecule has 0 aliphatic rings. The number of rotatable bonds is 9. The average Bonchev–Trinajstić information content (AvgIpc) is 3.26.